The molecule has 0 aliphatic carbocycles. The molecule has 0 saturated carbocycles. The van der Waals surface area contributed by atoms with Gasteiger partial charge in [-0.3, -0.25) is 10.0 Å². The van der Waals surface area contributed by atoms with Gasteiger partial charge in [0, 0.05) is 25.3 Å². The SMILES string of the molecule is CN(Cc1nc2cc(C(=O)NO)ccc2n1C)c1ccccc1. The van der Waals surface area contributed by atoms with Crippen LogP contribution in [-0.4, -0.2) is 27.7 Å². The number of amides is 1. The van der Waals surface area contributed by atoms with E-state index in [0.29, 0.717) is 12.1 Å². The van der Waals surface area contributed by atoms with E-state index in [1.807, 2.05) is 55.1 Å². The molecule has 0 fully saturated rings. The van der Waals surface area contributed by atoms with Crippen molar-refractivity contribution in [3.05, 3.63) is 59.9 Å². The molecule has 118 valence electrons. The normalized spacial score (nSPS) is 10.7. The summed E-state index contributed by atoms with van der Waals surface area (Å²) < 4.78 is 2.01. The summed E-state index contributed by atoms with van der Waals surface area (Å²) in [7, 11) is 3.97. The van der Waals surface area contributed by atoms with Crippen molar-refractivity contribution in [1.82, 2.24) is 15.0 Å². The number of aromatic nitrogens is 2. The Morgan fingerprint density at radius 3 is 2.70 bits per heavy atom. The molecule has 6 heteroatoms. The standard InChI is InChI=1S/C17H18N4O2/c1-20(13-6-4-3-5-7-13)11-16-18-14-10-12(17(22)19-23)8-9-15(14)21(16)2/h3-10,23H,11H2,1-2H3,(H,19,22). The minimum atomic E-state index is -0.541. The Balaban J connectivity index is 1.92. The molecule has 0 aliphatic rings. The maximum atomic E-state index is 11.5. The van der Waals surface area contributed by atoms with Gasteiger partial charge >= 0.3 is 0 Å². The van der Waals surface area contributed by atoms with Gasteiger partial charge in [0.2, 0.25) is 0 Å². The van der Waals surface area contributed by atoms with E-state index < -0.39 is 5.91 Å². The Morgan fingerprint density at radius 2 is 2.00 bits per heavy atom. The molecule has 2 aromatic carbocycles. The van der Waals surface area contributed by atoms with Gasteiger partial charge < -0.3 is 9.47 Å². The Hall–Kier alpha value is -2.86. The molecular weight excluding hydrogens is 292 g/mol. The zero-order chi connectivity index (χ0) is 16.4. The first-order valence-electron chi connectivity index (χ1n) is 7.26. The van der Waals surface area contributed by atoms with Gasteiger partial charge in [-0.15, -0.1) is 0 Å². The topological polar surface area (TPSA) is 70.4 Å². The summed E-state index contributed by atoms with van der Waals surface area (Å²) in [5.74, 6) is 0.355. The number of anilines is 1. The molecule has 0 atom stereocenters. The van der Waals surface area contributed by atoms with Crippen molar-refractivity contribution in [1.29, 1.82) is 0 Å². The lowest BCUT2D eigenvalue weighted by atomic mass is 10.2. The van der Waals surface area contributed by atoms with E-state index in [2.05, 4.69) is 9.88 Å². The monoisotopic (exact) mass is 310 g/mol. The first-order valence-corrected chi connectivity index (χ1v) is 7.26. The maximum absolute atomic E-state index is 11.5. The van der Waals surface area contributed by atoms with Crippen LogP contribution >= 0.6 is 0 Å². The Morgan fingerprint density at radius 1 is 1.26 bits per heavy atom. The van der Waals surface area contributed by atoms with Crippen molar-refractivity contribution in [2.45, 2.75) is 6.54 Å². The number of hydrogen-bond donors (Lipinski definition) is 2. The van der Waals surface area contributed by atoms with Gasteiger partial charge in [0.05, 0.1) is 17.6 Å². The lowest BCUT2D eigenvalue weighted by Gasteiger charge is -2.18. The largest absolute Gasteiger partial charge is 0.367 e. The van der Waals surface area contributed by atoms with Crippen molar-refractivity contribution in [3.8, 4) is 0 Å². The number of hydrogen-bond acceptors (Lipinski definition) is 4. The summed E-state index contributed by atoms with van der Waals surface area (Å²) >= 11 is 0. The smallest absolute Gasteiger partial charge is 0.274 e. The van der Waals surface area contributed by atoms with E-state index in [1.165, 1.54) is 0 Å². The van der Waals surface area contributed by atoms with Gasteiger partial charge in [-0.25, -0.2) is 10.5 Å². The van der Waals surface area contributed by atoms with E-state index in [1.54, 1.807) is 17.6 Å². The number of carbonyl (C=O) groups is 1. The average molecular weight is 310 g/mol. The highest BCUT2D eigenvalue weighted by Gasteiger charge is 2.13. The first kappa shape index (κ1) is 15.1. The zero-order valence-corrected chi connectivity index (χ0v) is 13.0. The minimum absolute atomic E-state index is 0.376. The number of nitrogens with one attached hydrogen (secondary N) is 1. The molecule has 0 unspecified atom stereocenters. The summed E-state index contributed by atoms with van der Waals surface area (Å²) in [6, 6.07) is 15.3. The summed E-state index contributed by atoms with van der Waals surface area (Å²) in [5, 5.41) is 8.73. The number of benzene rings is 2. The summed E-state index contributed by atoms with van der Waals surface area (Å²) in [6.07, 6.45) is 0. The molecule has 3 aromatic rings. The molecule has 2 N–H and O–H groups in total. The van der Waals surface area contributed by atoms with Gasteiger partial charge in [-0.1, -0.05) is 18.2 Å². The molecule has 3 rings (SSSR count). The van der Waals surface area contributed by atoms with Crippen LogP contribution in [0.25, 0.3) is 11.0 Å². The van der Waals surface area contributed by atoms with Crippen LogP contribution in [0.1, 0.15) is 16.2 Å². The summed E-state index contributed by atoms with van der Waals surface area (Å²) in [5.41, 5.74) is 4.79. The molecule has 1 amide bonds. The van der Waals surface area contributed by atoms with Gasteiger partial charge in [0.25, 0.3) is 5.91 Å². The molecule has 1 heterocycles. The third-order valence-electron chi connectivity index (χ3n) is 3.91. The number of carbonyl (C=O) groups excluding carboxylic acids is 1. The van der Waals surface area contributed by atoms with Crippen LogP contribution in [0.15, 0.2) is 48.5 Å². The lowest BCUT2D eigenvalue weighted by Crippen LogP contribution is -2.18. The van der Waals surface area contributed by atoms with Crippen molar-refractivity contribution >= 4 is 22.6 Å². The molecule has 6 nitrogen and oxygen atoms in total. The Kier molecular flexibility index (Phi) is 3.99. The average Bonchev–Trinajstić information content (AvgIpc) is 2.90. The van der Waals surface area contributed by atoms with E-state index in [0.717, 1.165) is 22.5 Å². The highest BCUT2D eigenvalue weighted by molar-refractivity contribution is 5.96. The molecule has 1 aromatic heterocycles. The van der Waals surface area contributed by atoms with E-state index >= 15 is 0 Å². The third kappa shape index (κ3) is 2.89. The number of fused-ring (bicyclic) bond motifs is 1. The van der Waals surface area contributed by atoms with Crippen molar-refractivity contribution < 1.29 is 10.0 Å². The van der Waals surface area contributed by atoms with E-state index in [4.69, 9.17) is 5.21 Å². The van der Waals surface area contributed by atoms with Gasteiger partial charge in [-0.05, 0) is 30.3 Å². The van der Waals surface area contributed by atoms with Crippen LogP contribution in [0.4, 0.5) is 5.69 Å². The van der Waals surface area contributed by atoms with Crippen LogP contribution in [0, 0.1) is 0 Å². The zero-order valence-electron chi connectivity index (χ0n) is 13.0. The lowest BCUT2D eigenvalue weighted by molar-refractivity contribution is 0.0706. The van der Waals surface area contributed by atoms with E-state index in [-0.39, 0.29) is 0 Å². The third-order valence-corrected chi connectivity index (χ3v) is 3.91. The predicted molar refractivity (Wildman–Crippen MR) is 88.5 cm³/mol. The van der Waals surface area contributed by atoms with E-state index in [9.17, 15) is 4.79 Å². The van der Waals surface area contributed by atoms with Gasteiger partial charge in [0.15, 0.2) is 0 Å². The molecule has 23 heavy (non-hydrogen) atoms. The molecule has 0 aliphatic heterocycles. The fraction of sp³-hybridized carbons (Fsp3) is 0.176. The summed E-state index contributed by atoms with van der Waals surface area (Å²) in [6.45, 7) is 0.650. The molecule has 0 bridgehead atoms. The number of para-hydroxylation sites is 1. The van der Waals surface area contributed by atoms with Crippen molar-refractivity contribution in [3.63, 3.8) is 0 Å². The van der Waals surface area contributed by atoms with Crippen LogP contribution in [0.5, 0.6) is 0 Å². The highest BCUT2D eigenvalue weighted by Crippen LogP contribution is 2.20. The van der Waals surface area contributed by atoms with Crippen molar-refractivity contribution in [2.24, 2.45) is 7.05 Å². The first-order chi connectivity index (χ1) is 11.1. The highest BCUT2D eigenvalue weighted by atomic mass is 16.5. The summed E-state index contributed by atoms with van der Waals surface area (Å²) in [4.78, 5) is 18.2. The number of rotatable bonds is 4. The molecule has 0 radical (unpaired) electrons. The maximum Gasteiger partial charge on any atom is 0.274 e. The van der Waals surface area contributed by atoms with Crippen molar-refractivity contribution in [2.75, 3.05) is 11.9 Å². The van der Waals surface area contributed by atoms with Crippen LogP contribution < -0.4 is 10.4 Å². The second kappa shape index (κ2) is 6.10. The predicted octanol–water partition coefficient (Wildman–Crippen LogP) is 2.33. The second-order valence-corrected chi connectivity index (χ2v) is 5.42. The molecular formula is C17H18N4O2. The van der Waals surface area contributed by atoms with Crippen LogP contribution in [-0.2, 0) is 13.6 Å². The Labute approximate surface area is 133 Å². The quantitative estimate of drug-likeness (QED) is 0.573. The Bertz CT molecular complexity index is 842. The molecule has 0 saturated heterocycles. The molecule has 0 spiro atoms. The number of aryl methyl sites for hydroxylation is 1. The number of hydroxylamine groups is 1. The minimum Gasteiger partial charge on any atom is -0.367 e. The second-order valence-electron chi connectivity index (χ2n) is 5.42. The van der Waals surface area contributed by atoms with Crippen LogP contribution in [0.2, 0.25) is 0 Å². The fourth-order valence-corrected chi connectivity index (χ4v) is 2.58. The number of nitrogens with zero attached hydrogens (tertiary/aromatic N) is 3. The van der Waals surface area contributed by atoms with Crippen LogP contribution in [0.3, 0.4) is 0 Å². The van der Waals surface area contributed by atoms with Gasteiger partial charge in [0.1, 0.15) is 5.82 Å². The fourth-order valence-electron chi connectivity index (χ4n) is 2.58. The number of imidazole rings is 1. The van der Waals surface area contributed by atoms with Gasteiger partial charge in [-0.2, -0.15) is 0 Å².